The summed E-state index contributed by atoms with van der Waals surface area (Å²) in [5, 5.41) is 0. The molecule has 2 rings (SSSR count). The Balaban J connectivity index is 0.000000980. The van der Waals surface area contributed by atoms with Gasteiger partial charge < -0.3 is 9.80 Å². The van der Waals surface area contributed by atoms with Gasteiger partial charge in [0.1, 0.15) is 0 Å². The van der Waals surface area contributed by atoms with Crippen LogP contribution < -0.4 is 0 Å². The van der Waals surface area contributed by atoms with Gasteiger partial charge in [0.25, 0.3) is 0 Å². The molecule has 1 saturated heterocycles. The number of hydrogen-bond donors (Lipinski definition) is 0. The van der Waals surface area contributed by atoms with Gasteiger partial charge in [-0.05, 0) is 31.9 Å². The summed E-state index contributed by atoms with van der Waals surface area (Å²) >= 11 is 0. The molecule has 2 aliphatic heterocycles. The predicted octanol–water partition coefficient (Wildman–Crippen LogP) is 2.43. The lowest BCUT2D eigenvalue weighted by Gasteiger charge is -2.26. The molecule has 14 heavy (non-hydrogen) atoms. The Morgan fingerprint density at radius 2 is 2.00 bits per heavy atom. The molecule has 1 fully saturated rings. The second-order valence-corrected chi connectivity index (χ2v) is 3.73. The van der Waals surface area contributed by atoms with Crippen LogP contribution >= 0.6 is 24.0 Å². The fraction of sp³-hybridized carbons (Fsp3) is 0.636. The van der Waals surface area contributed by atoms with Gasteiger partial charge in [-0.3, -0.25) is 0 Å². The fourth-order valence-electron chi connectivity index (χ4n) is 1.97. The molecule has 2 aliphatic rings. The Morgan fingerprint density at radius 3 is 2.50 bits per heavy atom. The molecule has 0 aromatic rings. The molecule has 0 aromatic heterocycles. The zero-order chi connectivity index (χ0) is 9.10. The Hall–Kier alpha value is -0.190. The molecule has 0 spiro atoms. The zero-order valence-corrected chi connectivity index (χ0v) is 11.1. The lowest BCUT2D eigenvalue weighted by Crippen LogP contribution is -2.25. The van der Waals surface area contributed by atoms with E-state index in [9.17, 15) is 0 Å². The summed E-state index contributed by atoms with van der Waals surface area (Å²) in [5.74, 6) is 0. The third-order valence-corrected chi connectivity index (χ3v) is 2.87. The van der Waals surface area contributed by atoms with Crippen molar-refractivity contribution < 1.29 is 0 Å². The van der Waals surface area contributed by atoms with E-state index in [1.165, 1.54) is 31.6 Å². The number of allylic oxidation sites excluding steroid dienone is 1. The fourth-order valence-corrected chi connectivity index (χ4v) is 1.97. The highest BCUT2D eigenvalue weighted by Crippen LogP contribution is 2.17. The highest BCUT2D eigenvalue weighted by Gasteiger charge is 2.14. The summed E-state index contributed by atoms with van der Waals surface area (Å²) < 4.78 is 0. The van der Waals surface area contributed by atoms with Crippen LogP contribution in [0.25, 0.3) is 0 Å². The molecule has 0 radical (unpaired) electrons. The van der Waals surface area contributed by atoms with Crippen molar-refractivity contribution in [3.05, 3.63) is 24.0 Å². The van der Waals surface area contributed by atoms with Gasteiger partial charge in [-0.25, -0.2) is 0 Å². The first-order chi connectivity index (χ1) is 6.40. The first-order valence-corrected chi connectivity index (χ1v) is 5.27. The van der Waals surface area contributed by atoms with Crippen molar-refractivity contribution in [2.45, 2.75) is 19.8 Å². The van der Waals surface area contributed by atoms with Crippen LogP contribution in [0.15, 0.2) is 24.0 Å². The molecule has 0 atom stereocenters. The summed E-state index contributed by atoms with van der Waals surface area (Å²) in [5.41, 5.74) is 1.43. The highest BCUT2D eigenvalue weighted by molar-refractivity contribution is 14.0. The van der Waals surface area contributed by atoms with Gasteiger partial charge in [-0.2, -0.15) is 0 Å². The molecule has 0 aromatic carbocycles. The minimum atomic E-state index is 0. The van der Waals surface area contributed by atoms with E-state index in [4.69, 9.17) is 0 Å². The van der Waals surface area contributed by atoms with Crippen LogP contribution in [0.3, 0.4) is 0 Å². The molecular weight excluding hydrogens is 287 g/mol. The average Bonchev–Trinajstić information content (AvgIpc) is 2.71. The van der Waals surface area contributed by atoms with Crippen molar-refractivity contribution in [3.63, 3.8) is 0 Å². The van der Waals surface area contributed by atoms with E-state index in [-0.39, 0.29) is 24.0 Å². The maximum Gasteiger partial charge on any atom is 0.0376 e. The summed E-state index contributed by atoms with van der Waals surface area (Å²) in [7, 11) is 0. The molecule has 2 heterocycles. The zero-order valence-electron chi connectivity index (χ0n) is 8.78. The van der Waals surface area contributed by atoms with Crippen LogP contribution in [0, 0.1) is 0 Å². The monoisotopic (exact) mass is 306 g/mol. The van der Waals surface area contributed by atoms with Crippen molar-refractivity contribution in [1.29, 1.82) is 0 Å². The summed E-state index contributed by atoms with van der Waals surface area (Å²) in [4.78, 5) is 4.81. The summed E-state index contributed by atoms with van der Waals surface area (Å²) in [6.45, 7) is 6.89. The van der Waals surface area contributed by atoms with Gasteiger partial charge in [-0.15, -0.1) is 24.0 Å². The number of likely N-dealkylation sites (tertiary alicyclic amines) is 1. The molecule has 80 valence electrons. The maximum absolute atomic E-state index is 2.49. The van der Waals surface area contributed by atoms with E-state index in [1.54, 1.807) is 0 Å². The van der Waals surface area contributed by atoms with Gasteiger partial charge in [0, 0.05) is 38.1 Å². The number of likely N-dealkylation sites (N-methyl/N-ethyl adjacent to an activating group) is 1. The molecular formula is C11H19IN2. The normalized spacial score (nSPS) is 20.8. The van der Waals surface area contributed by atoms with Crippen molar-refractivity contribution in [1.82, 2.24) is 9.80 Å². The second-order valence-electron chi connectivity index (χ2n) is 3.73. The summed E-state index contributed by atoms with van der Waals surface area (Å²) in [6.07, 6.45) is 9.53. The van der Waals surface area contributed by atoms with Crippen LogP contribution in [0.4, 0.5) is 0 Å². The van der Waals surface area contributed by atoms with Crippen molar-refractivity contribution in [2.24, 2.45) is 0 Å². The Labute approximate surface area is 104 Å². The smallest absolute Gasteiger partial charge is 0.0376 e. The standard InChI is InChI=1S/C11H18N2.HI/c1-2-12-9-5-11(6-10-12)13-7-3-4-8-13;/h5-6,9H,2-4,7-8,10H2,1H3;1H. The SMILES string of the molecule is CCN1C=CC(N2CCCC2)=CC1.I. The molecule has 2 nitrogen and oxygen atoms in total. The van der Waals surface area contributed by atoms with Gasteiger partial charge in [0.15, 0.2) is 0 Å². The van der Waals surface area contributed by atoms with Crippen LogP contribution in [0.5, 0.6) is 0 Å². The number of hydrogen-bond acceptors (Lipinski definition) is 2. The van der Waals surface area contributed by atoms with E-state index in [1.807, 2.05) is 0 Å². The molecule has 3 heteroatoms. The average molecular weight is 306 g/mol. The lowest BCUT2D eigenvalue weighted by atomic mass is 10.2. The minimum absolute atomic E-state index is 0. The molecule has 0 bridgehead atoms. The van der Waals surface area contributed by atoms with Crippen LogP contribution in [0.1, 0.15) is 19.8 Å². The first-order valence-electron chi connectivity index (χ1n) is 5.27. The molecule has 0 unspecified atom stereocenters. The largest absolute Gasteiger partial charge is 0.374 e. The van der Waals surface area contributed by atoms with Gasteiger partial charge in [0.2, 0.25) is 0 Å². The van der Waals surface area contributed by atoms with E-state index < -0.39 is 0 Å². The third kappa shape index (κ3) is 2.65. The highest BCUT2D eigenvalue weighted by atomic mass is 127. The Kier molecular flexibility index (Phi) is 4.78. The van der Waals surface area contributed by atoms with Crippen LogP contribution in [0.2, 0.25) is 0 Å². The first kappa shape index (κ1) is 11.9. The number of halogens is 1. The van der Waals surface area contributed by atoms with Gasteiger partial charge in [-0.1, -0.05) is 0 Å². The third-order valence-electron chi connectivity index (χ3n) is 2.87. The van der Waals surface area contributed by atoms with Crippen molar-refractivity contribution in [3.8, 4) is 0 Å². The molecule has 0 amide bonds. The van der Waals surface area contributed by atoms with E-state index >= 15 is 0 Å². The van der Waals surface area contributed by atoms with E-state index in [0.717, 1.165) is 13.1 Å². The predicted molar refractivity (Wildman–Crippen MR) is 70.7 cm³/mol. The second kappa shape index (κ2) is 5.63. The number of nitrogens with zero attached hydrogens (tertiary/aromatic N) is 2. The van der Waals surface area contributed by atoms with E-state index in [2.05, 4.69) is 35.1 Å². The van der Waals surface area contributed by atoms with Crippen LogP contribution in [-0.4, -0.2) is 36.0 Å². The lowest BCUT2D eigenvalue weighted by molar-refractivity contribution is 0.396. The molecule has 0 aliphatic carbocycles. The van der Waals surface area contributed by atoms with Crippen molar-refractivity contribution >= 4 is 24.0 Å². The topological polar surface area (TPSA) is 6.48 Å². The van der Waals surface area contributed by atoms with Crippen LogP contribution in [-0.2, 0) is 0 Å². The molecule has 0 saturated carbocycles. The minimum Gasteiger partial charge on any atom is -0.374 e. The Morgan fingerprint density at radius 1 is 1.29 bits per heavy atom. The van der Waals surface area contributed by atoms with Crippen molar-refractivity contribution in [2.75, 3.05) is 26.2 Å². The van der Waals surface area contributed by atoms with Gasteiger partial charge in [0.05, 0.1) is 0 Å². The Bertz CT molecular complexity index is 229. The summed E-state index contributed by atoms with van der Waals surface area (Å²) in [6, 6.07) is 0. The maximum atomic E-state index is 2.49. The quantitative estimate of drug-likeness (QED) is 0.723. The number of rotatable bonds is 2. The molecule has 0 N–H and O–H groups in total. The van der Waals surface area contributed by atoms with Gasteiger partial charge >= 0.3 is 0 Å². The van der Waals surface area contributed by atoms with E-state index in [0.29, 0.717) is 0 Å².